The lowest BCUT2D eigenvalue weighted by Gasteiger charge is -2.39. The van der Waals surface area contributed by atoms with Crippen molar-refractivity contribution >= 4 is 34.1 Å². The third-order valence-corrected chi connectivity index (χ3v) is 7.75. The quantitative estimate of drug-likeness (QED) is 0.293. The zero-order valence-electron chi connectivity index (χ0n) is 22.0. The number of rotatable bonds is 8. The van der Waals surface area contributed by atoms with Gasteiger partial charge in [-0.05, 0) is 67.9 Å². The molecule has 0 saturated heterocycles. The lowest BCUT2D eigenvalue weighted by Crippen LogP contribution is -2.52. The van der Waals surface area contributed by atoms with Crippen LogP contribution in [0.3, 0.4) is 0 Å². The molecular weight excluding hydrogens is 499 g/mol. The number of fused-ring (bicyclic) bond motifs is 2. The lowest BCUT2D eigenvalue weighted by molar-refractivity contribution is -0.121. The van der Waals surface area contributed by atoms with Gasteiger partial charge in [-0.15, -0.1) is 0 Å². The second-order valence-electron chi connectivity index (χ2n) is 10.6. The summed E-state index contributed by atoms with van der Waals surface area (Å²) in [6, 6.07) is 20.0. The summed E-state index contributed by atoms with van der Waals surface area (Å²) in [4.78, 5) is 21.9. The Kier molecular flexibility index (Phi) is 7.84. The van der Waals surface area contributed by atoms with E-state index in [2.05, 4.69) is 42.3 Å². The summed E-state index contributed by atoms with van der Waals surface area (Å²) < 4.78 is 14.5. The maximum absolute atomic E-state index is 14.5. The van der Waals surface area contributed by atoms with Crippen molar-refractivity contribution in [2.75, 3.05) is 32.1 Å². The first-order chi connectivity index (χ1) is 18.3. The Morgan fingerprint density at radius 2 is 1.92 bits per heavy atom. The van der Waals surface area contributed by atoms with Gasteiger partial charge < -0.3 is 20.1 Å². The summed E-state index contributed by atoms with van der Waals surface area (Å²) in [6.07, 6.45) is 2.85. The third kappa shape index (κ3) is 5.48. The molecule has 38 heavy (non-hydrogen) atoms. The van der Waals surface area contributed by atoms with Crippen molar-refractivity contribution in [1.29, 1.82) is 0 Å². The van der Waals surface area contributed by atoms with Crippen LogP contribution in [0, 0.1) is 11.7 Å². The van der Waals surface area contributed by atoms with Crippen molar-refractivity contribution in [3.05, 3.63) is 100 Å². The molecule has 7 heteroatoms. The van der Waals surface area contributed by atoms with Crippen LogP contribution in [-0.2, 0) is 17.8 Å². The Hall–Kier alpha value is -3.19. The number of hydrogen-bond acceptors (Lipinski definition) is 3. The maximum Gasteiger partial charge on any atom is 0.244 e. The van der Waals surface area contributed by atoms with Gasteiger partial charge in [0.25, 0.3) is 0 Å². The first kappa shape index (κ1) is 26.4. The van der Waals surface area contributed by atoms with Crippen molar-refractivity contribution < 1.29 is 9.18 Å². The number of hydrogen-bond donors (Lipinski definition) is 2. The van der Waals surface area contributed by atoms with Crippen LogP contribution in [-0.4, -0.2) is 49.0 Å². The zero-order chi connectivity index (χ0) is 26.8. The molecule has 5 rings (SSSR count). The third-order valence-electron chi connectivity index (χ3n) is 7.52. The van der Waals surface area contributed by atoms with Gasteiger partial charge in [0.1, 0.15) is 5.82 Å². The second kappa shape index (κ2) is 11.3. The van der Waals surface area contributed by atoms with E-state index in [1.165, 1.54) is 6.07 Å². The molecule has 2 N–H and O–H groups in total. The van der Waals surface area contributed by atoms with Crippen LogP contribution in [0.5, 0.6) is 0 Å². The minimum atomic E-state index is -0.574. The number of amides is 1. The summed E-state index contributed by atoms with van der Waals surface area (Å²) in [6.45, 7) is 3.79. The van der Waals surface area contributed by atoms with E-state index in [4.69, 9.17) is 11.6 Å². The highest BCUT2D eigenvalue weighted by Gasteiger charge is 2.36. The van der Waals surface area contributed by atoms with Gasteiger partial charge in [-0.2, -0.15) is 0 Å². The minimum Gasteiger partial charge on any atom is -0.361 e. The highest BCUT2D eigenvalue weighted by Crippen LogP contribution is 2.35. The summed E-state index contributed by atoms with van der Waals surface area (Å²) in [5, 5.41) is 5.20. The van der Waals surface area contributed by atoms with Crippen LogP contribution in [0.4, 0.5) is 10.1 Å². The molecule has 3 atom stereocenters. The molecule has 4 aromatic rings. The average Bonchev–Trinajstić information content (AvgIpc) is 3.32. The summed E-state index contributed by atoms with van der Waals surface area (Å²) in [7, 11) is 4.11. The number of aromatic nitrogens is 1. The van der Waals surface area contributed by atoms with Crippen LogP contribution in [0.25, 0.3) is 10.9 Å². The van der Waals surface area contributed by atoms with E-state index >= 15 is 0 Å². The van der Waals surface area contributed by atoms with Crippen LogP contribution < -0.4 is 10.2 Å². The van der Waals surface area contributed by atoms with E-state index in [0.29, 0.717) is 17.1 Å². The summed E-state index contributed by atoms with van der Waals surface area (Å²) in [5.41, 5.74) is 4.60. The lowest BCUT2D eigenvalue weighted by atomic mass is 9.88. The van der Waals surface area contributed by atoms with Gasteiger partial charge in [-0.3, -0.25) is 4.79 Å². The van der Waals surface area contributed by atoms with E-state index < -0.39 is 6.04 Å². The molecule has 0 spiro atoms. The number of para-hydroxylation sites is 1. The standard InChI is InChI=1S/C31H34ClFN4O/c1-20(26-17-34-28-11-7-5-9-25(26)28)30(35-16-22-8-4-6-10-27(22)33)31(38)37-19-21(18-36(2)3)14-23-15-24(32)12-13-29(23)37/h4-13,15,17,20-21,30,34-35H,14,16,18-19H2,1-3H3/t20?,21-,30?/m1/s1. The predicted molar refractivity (Wildman–Crippen MR) is 153 cm³/mol. The van der Waals surface area contributed by atoms with E-state index in [-0.39, 0.29) is 30.1 Å². The topological polar surface area (TPSA) is 51.4 Å². The van der Waals surface area contributed by atoms with E-state index in [0.717, 1.165) is 40.7 Å². The molecule has 1 aromatic heterocycles. The molecule has 1 amide bonds. The van der Waals surface area contributed by atoms with Crippen molar-refractivity contribution in [2.45, 2.75) is 31.8 Å². The SMILES string of the molecule is CC(c1c[nH]c2ccccc12)C(NCc1ccccc1F)C(=O)N1C[C@@H](CN(C)C)Cc2cc(Cl)ccc21. The number of H-pyrrole nitrogens is 1. The van der Waals surface area contributed by atoms with Gasteiger partial charge in [-0.1, -0.05) is 54.9 Å². The van der Waals surface area contributed by atoms with Gasteiger partial charge in [0.05, 0.1) is 6.04 Å². The number of nitrogens with zero attached hydrogens (tertiary/aromatic N) is 2. The van der Waals surface area contributed by atoms with Crippen LogP contribution in [0.15, 0.2) is 72.9 Å². The predicted octanol–water partition coefficient (Wildman–Crippen LogP) is 5.99. The molecule has 0 saturated carbocycles. The molecular formula is C31H34ClFN4O. The molecule has 2 heterocycles. The molecule has 0 fully saturated rings. The van der Waals surface area contributed by atoms with Crippen LogP contribution in [0.2, 0.25) is 5.02 Å². The van der Waals surface area contributed by atoms with Crippen molar-refractivity contribution in [3.63, 3.8) is 0 Å². The number of anilines is 1. The smallest absolute Gasteiger partial charge is 0.244 e. The number of halogens is 2. The minimum absolute atomic E-state index is 0.0221. The zero-order valence-corrected chi connectivity index (χ0v) is 22.8. The summed E-state index contributed by atoms with van der Waals surface area (Å²) >= 11 is 6.36. The second-order valence-corrected chi connectivity index (χ2v) is 11.0. The van der Waals surface area contributed by atoms with E-state index in [1.54, 1.807) is 12.1 Å². The average molecular weight is 533 g/mol. The summed E-state index contributed by atoms with van der Waals surface area (Å²) in [5.74, 6) is -0.202. The normalized spacial score (nSPS) is 17.0. The highest BCUT2D eigenvalue weighted by molar-refractivity contribution is 6.30. The Bertz CT molecular complexity index is 1430. The fourth-order valence-corrected chi connectivity index (χ4v) is 5.91. The first-order valence-corrected chi connectivity index (χ1v) is 13.5. The number of nitrogens with one attached hydrogen (secondary N) is 2. The van der Waals surface area contributed by atoms with Crippen LogP contribution >= 0.6 is 11.6 Å². The molecule has 2 unspecified atom stereocenters. The van der Waals surface area contributed by atoms with Crippen molar-refractivity contribution in [3.8, 4) is 0 Å². The molecule has 3 aromatic carbocycles. The molecule has 0 radical (unpaired) electrons. The maximum atomic E-state index is 14.5. The number of benzene rings is 3. The molecule has 0 bridgehead atoms. The Balaban J connectivity index is 1.52. The van der Waals surface area contributed by atoms with Crippen LogP contribution in [0.1, 0.15) is 29.5 Å². The molecule has 0 aliphatic carbocycles. The number of carbonyl (C=O) groups excluding carboxylic acids is 1. The Morgan fingerprint density at radius 3 is 2.71 bits per heavy atom. The van der Waals surface area contributed by atoms with E-state index in [9.17, 15) is 9.18 Å². The molecule has 1 aliphatic heterocycles. The fraction of sp³-hybridized carbons (Fsp3) is 0.323. The van der Waals surface area contributed by atoms with Crippen molar-refractivity contribution in [1.82, 2.24) is 15.2 Å². The Morgan fingerprint density at radius 1 is 1.16 bits per heavy atom. The largest absolute Gasteiger partial charge is 0.361 e. The van der Waals surface area contributed by atoms with Gasteiger partial charge in [0, 0.05) is 58.9 Å². The molecule has 198 valence electrons. The highest BCUT2D eigenvalue weighted by atomic mass is 35.5. The molecule has 1 aliphatic rings. The van der Waals surface area contributed by atoms with Gasteiger partial charge in [0.2, 0.25) is 5.91 Å². The fourth-order valence-electron chi connectivity index (χ4n) is 5.72. The van der Waals surface area contributed by atoms with Gasteiger partial charge in [0.15, 0.2) is 0 Å². The number of aromatic amines is 1. The number of carbonyl (C=O) groups is 1. The van der Waals surface area contributed by atoms with Gasteiger partial charge in [-0.25, -0.2) is 4.39 Å². The Labute approximate surface area is 228 Å². The monoisotopic (exact) mass is 532 g/mol. The van der Waals surface area contributed by atoms with E-state index in [1.807, 2.05) is 53.6 Å². The molecule has 5 nitrogen and oxygen atoms in total. The first-order valence-electron chi connectivity index (χ1n) is 13.1. The van der Waals surface area contributed by atoms with Gasteiger partial charge >= 0.3 is 0 Å². The van der Waals surface area contributed by atoms with Crippen molar-refractivity contribution in [2.24, 2.45) is 5.92 Å².